The summed E-state index contributed by atoms with van der Waals surface area (Å²) in [7, 11) is 1.17. The van der Waals surface area contributed by atoms with E-state index in [1.165, 1.54) is 19.2 Å². The Morgan fingerprint density at radius 1 is 1.24 bits per heavy atom. The summed E-state index contributed by atoms with van der Waals surface area (Å²) in [6, 6.07) is 3.74. The summed E-state index contributed by atoms with van der Waals surface area (Å²) in [5.41, 5.74) is 5.04. The van der Waals surface area contributed by atoms with Crippen LogP contribution in [-0.4, -0.2) is 29.5 Å². The van der Waals surface area contributed by atoms with Crippen LogP contribution < -0.4 is 16.6 Å². The smallest absolute Gasteiger partial charge is 0.340 e. The number of ether oxygens (including phenoxy) is 1. The second-order valence-electron chi connectivity index (χ2n) is 5.05. The third-order valence-electron chi connectivity index (χ3n) is 3.61. The minimum atomic E-state index is -0.759. The Morgan fingerprint density at radius 3 is 2.56 bits per heavy atom. The molecule has 0 saturated carbocycles. The third-order valence-corrected chi connectivity index (χ3v) is 4.43. The number of nitrogens with two attached hydrogens (primary N) is 1. The van der Waals surface area contributed by atoms with E-state index < -0.39 is 23.3 Å². The Hall–Kier alpha value is -2.65. The number of carbonyl (C=O) groups excluding carboxylic acids is 3. The molecule has 10 heteroatoms. The second kappa shape index (κ2) is 6.01. The molecule has 3 rings (SSSR count). The first-order chi connectivity index (χ1) is 11.8. The number of carbonyl (C=O) groups is 3. The van der Waals surface area contributed by atoms with Gasteiger partial charge >= 0.3 is 5.97 Å². The van der Waals surface area contributed by atoms with Crippen LogP contribution in [0.3, 0.4) is 0 Å². The van der Waals surface area contributed by atoms with E-state index in [1.807, 2.05) is 0 Å². The van der Waals surface area contributed by atoms with E-state index in [1.54, 1.807) is 0 Å². The monoisotopic (exact) mass is 425 g/mol. The van der Waals surface area contributed by atoms with Gasteiger partial charge in [-0.1, -0.05) is 11.6 Å². The summed E-state index contributed by atoms with van der Waals surface area (Å²) >= 11 is 9.19. The molecule has 0 saturated heterocycles. The van der Waals surface area contributed by atoms with E-state index in [0.717, 1.165) is 10.6 Å². The lowest BCUT2D eigenvalue weighted by Crippen LogP contribution is -2.26. The van der Waals surface area contributed by atoms with Crippen molar-refractivity contribution in [3.05, 3.63) is 54.7 Å². The zero-order chi connectivity index (χ0) is 18.5. The summed E-state index contributed by atoms with van der Waals surface area (Å²) in [5, 5.41) is 2.29. The van der Waals surface area contributed by atoms with Crippen LogP contribution in [0.15, 0.2) is 27.5 Å². The lowest BCUT2D eigenvalue weighted by atomic mass is 10.1. The van der Waals surface area contributed by atoms with E-state index in [0.29, 0.717) is 0 Å². The van der Waals surface area contributed by atoms with Crippen LogP contribution in [0.4, 0.5) is 5.82 Å². The number of anilines is 1. The van der Waals surface area contributed by atoms with Crippen LogP contribution >= 0.6 is 27.5 Å². The Labute approximate surface area is 153 Å². The average molecular weight is 427 g/mol. The molecule has 0 bridgehead atoms. The third kappa shape index (κ3) is 2.61. The number of amides is 2. The van der Waals surface area contributed by atoms with E-state index in [-0.39, 0.29) is 37.7 Å². The summed E-state index contributed by atoms with van der Waals surface area (Å²) in [6.07, 6.45) is 0. The van der Waals surface area contributed by atoms with Gasteiger partial charge in [0.25, 0.3) is 17.4 Å². The van der Waals surface area contributed by atoms with Crippen molar-refractivity contribution in [1.82, 2.24) is 9.88 Å². The van der Waals surface area contributed by atoms with E-state index >= 15 is 0 Å². The summed E-state index contributed by atoms with van der Waals surface area (Å²) < 4.78 is 5.94. The normalized spacial score (nSPS) is 12.8. The standard InChI is InChI=1S/C15H9BrClN3O5/c1-25-15(24)7-2-5(17)3-8(16)11(7)20-9(21)4-6-10(12(20)18)14(23)19-13(6)22/h2-4H,18H2,1H3,(H,19,22,23). The SMILES string of the molecule is COC(=O)c1cc(Cl)cc(Br)c1-n1c(N)c2c(cc1=O)C(=O)NC2=O. The molecule has 0 atom stereocenters. The number of rotatable bonds is 2. The molecule has 1 aromatic carbocycles. The van der Waals surface area contributed by atoms with Gasteiger partial charge < -0.3 is 10.5 Å². The van der Waals surface area contributed by atoms with Gasteiger partial charge in [0.05, 0.1) is 29.5 Å². The number of nitrogen functional groups attached to an aromatic ring is 1. The molecular weight excluding hydrogens is 418 g/mol. The van der Waals surface area contributed by atoms with Gasteiger partial charge in [0.2, 0.25) is 0 Å². The highest BCUT2D eigenvalue weighted by molar-refractivity contribution is 9.10. The van der Waals surface area contributed by atoms with Crippen LogP contribution in [0, 0.1) is 0 Å². The molecule has 0 unspecified atom stereocenters. The van der Waals surface area contributed by atoms with E-state index in [2.05, 4.69) is 21.2 Å². The number of nitrogens with zero attached hydrogens (tertiary/aromatic N) is 1. The molecule has 8 nitrogen and oxygen atoms in total. The molecule has 1 aromatic heterocycles. The summed E-state index contributed by atoms with van der Waals surface area (Å²) in [4.78, 5) is 48.3. The van der Waals surface area contributed by atoms with Crippen molar-refractivity contribution >= 4 is 51.1 Å². The van der Waals surface area contributed by atoms with Crippen molar-refractivity contribution < 1.29 is 19.1 Å². The van der Waals surface area contributed by atoms with Crippen molar-refractivity contribution in [2.24, 2.45) is 0 Å². The fraction of sp³-hybridized carbons (Fsp3) is 0.0667. The second-order valence-corrected chi connectivity index (χ2v) is 6.34. The molecule has 0 fully saturated rings. The molecule has 128 valence electrons. The summed E-state index contributed by atoms with van der Waals surface area (Å²) in [5.74, 6) is -2.47. The minimum absolute atomic E-state index is 0.0413. The fourth-order valence-corrected chi connectivity index (χ4v) is 3.56. The number of methoxy groups -OCH3 is 1. The van der Waals surface area contributed by atoms with E-state index in [4.69, 9.17) is 22.1 Å². The van der Waals surface area contributed by atoms with Gasteiger partial charge in [-0.05, 0) is 28.1 Å². The highest BCUT2D eigenvalue weighted by atomic mass is 79.9. The Kier molecular flexibility index (Phi) is 4.13. The van der Waals surface area contributed by atoms with Crippen LogP contribution in [-0.2, 0) is 4.74 Å². The number of nitrogens with one attached hydrogen (secondary N) is 1. The highest BCUT2D eigenvalue weighted by Crippen LogP contribution is 2.32. The van der Waals surface area contributed by atoms with Crippen molar-refractivity contribution in [1.29, 1.82) is 0 Å². The van der Waals surface area contributed by atoms with Gasteiger partial charge in [0.1, 0.15) is 5.82 Å². The maximum absolute atomic E-state index is 12.5. The Balaban J connectivity index is 2.42. The number of aromatic nitrogens is 1. The van der Waals surface area contributed by atoms with Gasteiger partial charge in [0, 0.05) is 15.6 Å². The van der Waals surface area contributed by atoms with Crippen molar-refractivity contribution in [3.63, 3.8) is 0 Å². The molecule has 0 aliphatic carbocycles. The molecule has 25 heavy (non-hydrogen) atoms. The van der Waals surface area contributed by atoms with Crippen LogP contribution in [0.2, 0.25) is 5.02 Å². The summed E-state index contributed by atoms with van der Waals surface area (Å²) in [6.45, 7) is 0. The number of hydrogen-bond donors (Lipinski definition) is 2. The number of fused-ring (bicyclic) bond motifs is 1. The van der Waals surface area contributed by atoms with Crippen LogP contribution in [0.5, 0.6) is 0 Å². The predicted molar refractivity (Wildman–Crippen MR) is 92.3 cm³/mol. The minimum Gasteiger partial charge on any atom is -0.465 e. The largest absolute Gasteiger partial charge is 0.465 e. The number of hydrogen-bond acceptors (Lipinski definition) is 6. The van der Waals surface area contributed by atoms with E-state index in [9.17, 15) is 19.2 Å². The topological polar surface area (TPSA) is 120 Å². The van der Waals surface area contributed by atoms with Gasteiger partial charge in [-0.25, -0.2) is 4.79 Å². The molecule has 0 radical (unpaired) electrons. The fourth-order valence-electron chi connectivity index (χ4n) is 2.57. The number of halogens is 2. The predicted octanol–water partition coefficient (Wildman–Crippen LogP) is 1.51. The van der Waals surface area contributed by atoms with Gasteiger partial charge in [-0.3, -0.25) is 24.3 Å². The molecule has 2 aromatic rings. The lowest BCUT2D eigenvalue weighted by molar-refractivity contribution is 0.0600. The van der Waals surface area contributed by atoms with Gasteiger partial charge in [-0.15, -0.1) is 0 Å². The Bertz CT molecular complexity index is 1030. The number of pyridine rings is 1. The highest BCUT2D eigenvalue weighted by Gasteiger charge is 2.33. The molecule has 1 aliphatic heterocycles. The maximum atomic E-state index is 12.5. The first-order valence-electron chi connectivity index (χ1n) is 6.75. The zero-order valence-electron chi connectivity index (χ0n) is 12.6. The molecule has 2 heterocycles. The average Bonchev–Trinajstić information content (AvgIpc) is 2.82. The van der Waals surface area contributed by atoms with Crippen molar-refractivity contribution in [2.75, 3.05) is 12.8 Å². The van der Waals surface area contributed by atoms with Crippen LogP contribution in [0.25, 0.3) is 5.69 Å². The van der Waals surface area contributed by atoms with Crippen LogP contribution in [0.1, 0.15) is 31.1 Å². The van der Waals surface area contributed by atoms with Gasteiger partial charge in [0.15, 0.2) is 0 Å². The number of benzene rings is 1. The molecule has 1 aliphatic rings. The van der Waals surface area contributed by atoms with Gasteiger partial charge in [-0.2, -0.15) is 0 Å². The quantitative estimate of drug-likeness (QED) is 0.555. The molecule has 3 N–H and O–H groups in total. The number of esters is 1. The first-order valence-corrected chi connectivity index (χ1v) is 7.92. The maximum Gasteiger partial charge on any atom is 0.340 e. The molecule has 2 amide bonds. The molecule has 0 spiro atoms. The Morgan fingerprint density at radius 2 is 1.92 bits per heavy atom. The molecular formula is C15H9BrClN3O5. The number of imide groups is 1. The zero-order valence-corrected chi connectivity index (χ0v) is 14.9. The van der Waals surface area contributed by atoms with Crippen molar-refractivity contribution in [3.8, 4) is 5.69 Å². The lowest BCUT2D eigenvalue weighted by Gasteiger charge is -2.16. The first kappa shape index (κ1) is 17.2. The van der Waals surface area contributed by atoms with Crippen molar-refractivity contribution in [2.45, 2.75) is 0 Å².